The van der Waals surface area contributed by atoms with E-state index >= 15 is 0 Å². The molecule has 0 unspecified atom stereocenters. The minimum absolute atomic E-state index is 0.0257. The minimum Gasteiger partial charge on any atom is -0.352 e. The lowest BCUT2D eigenvalue weighted by molar-refractivity contribution is -0.135. The highest BCUT2D eigenvalue weighted by Gasteiger charge is 2.26. The van der Waals surface area contributed by atoms with Crippen molar-refractivity contribution < 1.29 is 9.59 Å². The normalized spacial score (nSPS) is 15.9. The van der Waals surface area contributed by atoms with Gasteiger partial charge in [0.1, 0.15) is 0 Å². The molecule has 1 aromatic heterocycles. The highest BCUT2D eigenvalue weighted by Crippen LogP contribution is 2.18. The minimum atomic E-state index is 0.0257. The number of nitrogens with zero attached hydrogens (tertiary/aromatic N) is 2. The number of hydrogen-bond acceptors (Lipinski definition) is 3. The Bertz CT molecular complexity index is 453. The summed E-state index contributed by atoms with van der Waals surface area (Å²) in [4.78, 5) is 29.5. The van der Waals surface area contributed by atoms with Gasteiger partial charge in [-0.15, -0.1) is 0 Å². The summed E-state index contributed by atoms with van der Waals surface area (Å²) in [5.41, 5.74) is 1.05. The summed E-state index contributed by atoms with van der Waals surface area (Å²) in [6.07, 6.45) is 5.49. The molecule has 0 radical (unpaired) electrons. The Morgan fingerprint density at radius 2 is 1.95 bits per heavy atom. The van der Waals surface area contributed by atoms with Crippen molar-refractivity contribution in [3.05, 3.63) is 30.1 Å². The number of rotatable bonds is 4. The second kappa shape index (κ2) is 7.03. The van der Waals surface area contributed by atoms with Crippen molar-refractivity contribution in [2.24, 2.45) is 5.92 Å². The summed E-state index contributed by atoms with van der Waals surface area (Å²) in [5.74, 6) is 0.295. The maximum absolute atomic E-state index is 12.1. The topological polar surface area (TPSA) is 62.3 Å². The number of pyridine rings is 1. The quantitative estimate of drug-likeness (QED) is 0.902. The molecule has 0 spiro atoms. The van der Waals surface area contributed by atoms with Crippen molar-refractivity contribution in [3.63, 3.8) is 0 Å². The molecule has 108 valence electrons. The predicted octanol–water partition coefficient (Wildman–Crippen LogP) is 1.35. The third-order valence-electron chi connectivity index (χ3n) is 3.74. The van der Waals surface area contributed by atoms with E-state index in [0.717, 1.165) is 18.4 Å². The summed E-state index contributed by atoms with van der Waals surface area (Å²) in [5, 5.41) is 2.96. The largest absolute Gasteiger partial charge is 0.352 e. The summed E-state index contributed by atoms with van der Waals surface area (Å²) >= 11 is 0. The van der Waals surface area contributed by atoms with Gasteiger partial charge in [-0.25, -0.2) is 0 Å². The van der Waals surface area contributed by atoms with E-state index in [-0.39, 0.29) is 17.7 Å². The Morgan fingerprint density at radius 1 is 1.30 bits per heavy atom. The van der Waals surface area contributed by atoms with E-state index in [1.165, 1.54) is 0 Å². The van der Waals surface area contributed by atoms with Crippen molar-refractivity contribution in [1.29, 1.82) is 0 Å². The Kier molecular flexibility index (Phi) is 5.09. The highest BCUT2D eigenvalue weighted by atomic mass is 16.2. The first-order chi connectivity index (χ1) is 9.70. The fraction of sp³-hybridized carbons (Fsp3) is 0.533. The van der Waals surface area contributed by atoms with E-state index < -0.39 is 0 Å². The fourth-order valence-corrected chi connectivity index (χ4v) is 2.45. The molecule has 0 bridgehead atoms. The number of carbonyl (C=O) groups excluding carboxylic acids is 2. The molecular weight excluding hydrogens is 254 g/mol. The van der Waals surface area contributed by atoms with Crippen LogP contribution in [0, 0.1) is 5.92 Å². The number of hydrogen-bond donors (Lipinski definition) is 1. The van der Waals surface area contributed by atoms with E-state index in [1.807, 2.05) is 24.0 Å². The summed E-state index contributed by atoms with van der Waals surface area (Å²) in [6.45, 7) is 3.80. The van der Waals surface area contributed by atoms with Crippen LogP contribution in [0.15, 0.2) is 24.5 Å². The number of piperidine rings is 1. The summed E-state index contributed by atoms with van der Waals surface area (Å²) < 4.78 is 0. The zero-order valence-corrected chi connectivity index (χ0v) is 11.8. The third kappa shape index (κ3) is 3.79. The summed E-state index contributed by atoms with van der Waals surface area (Å²) in [6, 6.07) is 3.78. The van der Waals surface area contributed by atoms with Gasteiger partial charge in [-0.3, -0.25) is 14.6 Å². The fourth-order valence-electron chi connectivity index (χ4n) is 2.45. The number of amides is 2. The van der Waals surface area contributed by atoms with E-state index in [1.54, 1.807) is 12.4 Å². The lowest BCUT2D eigenvalue weighted by atomic mass is 9.95. The van der Waals surface area contributed by atoms with Crippen LogP contribution in [-0.4, -0.2) is 34.8 Å². The molecule has 0 aliphatic carbocycles. The average molecular weight is 275 g/mol. The first kappa shape index (κ1) is 14.5. The lowest BCUT2D eigenvalue weighted by Crippen LogP contribution is -2.42. The van der Waals surface area contributed by atoms with E-state index in [0.29, 0.717) is 26.1 Å². The van der Waals surface area contributed by atoms with Crippen LogP contribution in [0.4, 0.5) is 0 Å². The van der Waals surface area contributed by atoms with Crippen molar-refractivity contribution in [1.82, 2.24) is 15.2 Å². The van der Waals surface area contributed by atoms with Gasteiger partial charge >= 0.3 is 0 Å². The number of likely N-dealkylation sites (tertiary alicyclic amines) is 1. The second-order valence-electron chi connectivity index (χ2n) is 5.08. The van der Waals surface area contributed by atoms with Gasteiger partial charge in [0.2, 0.25) is 11.8 Å². The SMILES string of the molecule is CCC(=O)N1CCC(C(=O)NCc2ccncc2)CC1. The molecule has 0 aromatic carbocycles. The molecule has 2 rings (SSSR count). The first-order valence-electron chi connectivity index (χ1n) is 7.15. The lowest BCUT2D eigenvalue weighted by Gasteiger charge is -2.31. The summed E-state index contributed by atoms with van der Waals surface area (Å²) in [7, 11) is 0. The zero-order valence-electron chi connectivity index (χ0n) is 11.8. The van der Waals surface area contributed by atoms with Crippen molar-refractivity contribution in [2.75, 3.05) is 13.1 Å². The molecule has 2 heterocycles. The molecular formula is C15H21N3O2. The van der Waals surface area contributed by atoms with Crippen LogP contribution < -0.4 is 5.32 Å². The molecule has 1 aromatic rings. The smallest absolute Gasteiger partial charge is 0.223 e. The van der Waals surface area contributed by atoms with Gasteiger partial charge in [0, 0.05) is 44.4 Å². The van der Waals surface area contributed by atoms with Crippen LogP contribution >= 0.6 is 0 Å². The monoisotopic (exact) mass is 275 g/mol. The van der Waals surface area contributed by atoms with Crippen LogP contribution in [0.5, 0.6) is 0 Å². The zero-order chi connectivity index (χ0) is 14.4. The second-order valence-corrected chi connectivity index (χ2v) is 5.08. The first-order valence-corrected chi connectivity index (χ1v) is 7.15. The van der Waals surface area contributed by atoms with Crippen LogP contribution in [0.3, 0.4) is 0 Å². The van der Waals surface area contributed by atoms with Gasteiger partial charge in [0.15, 0.2) is 0 Å². The average Bonchev–Trinajstić information content (AvgIpc) is 2.53. The van der Waals surface area contributed by atoms with Gasteiger partial charge in [-0.1, -0.05) is 6.92 Å². The van der Waals surface area contributed by atoms with Crippen LogP contribution in [0.1, 0.15) is 31.7 Å². The molecule has 1 aliphatic heterocycles. The van der Waals surface area contributed by atoms with Crippen LogP contribution in [-0.2, 0) is 16.1 Å². The number of aromatic nitrogens is 1. The Balaban J connectivity index is 1.76. The molecule has 0 saturated carbocycles. The molecule has 1 N–H and O–H groups in total. The van der Waals surface area contributed by atoms with Crippen molar-refractivity contribution in [2.45, 2.75) is 32.7 Å². The van der Waals surface area contributed by atoms with Gasteiger partial charge in [-0.2, -0.15) is 0 Å². The third-order valence-corrected chi connectivity index (χ3v) is 3.74. The maximum atomic E-state index is 12.1. The van der Waals surface area contributed by atoms with E-state index in [9.17, 15) is 9.59 Å². The van der Waals surface area contributed by atoms with Crippen LogP contribution in [0.2, 0.25) is 0 Å². The molecule has 20 heavy (non-hydrogen) atoms. The molecule has 1 aliphatic rings. The number of nitrogens with one attached hydrogen (secondary N) is 1. The van der Waals surface area contributed by atoms with Crippen LogP contribution in [0.25, 0.3) is 0 Å². The van der Waals surface area contributed by atoms with Crippen molar-refractivity contribution >= 4 is 11.8 Å². The predicted molar refractivity (Wildman–Crippen MR) is 75.7 cm³/mol. The van der Waals surface area contributed by atoms with Gasteiger partial charge in [-0.05, 0) is 30.5 Å². The Hall–Kier alpha value is -1.91. The molecule has 5 nitrogen and oxygen atoms in total. The molecule has 0 atom stereocenters. The van der Waals surface area contributed by atoms with Gasteiger partial charge in [0.05, 0.1) is 0 Å². The molecule has 1 fully saturated rings. The Labute approximate surface area is 119 Å². The standard InChI is InChI=1S/C15H21N3O2/c1-2-14(19)18-9-5-13(6-10-18)15(20)17-11-12-3-7-16-8-4-12/h3-4,7-8,13H,2,5-6,9-11H2,1H3,(H,17,20). The highest BCUT2D eigenvalue weighted by molar-refractivity contribution is 5.80. The molecule has 2 amide bonds. The molecule has 5 heteroatoms. The van der Waals surface area contributed by atoms with E-state index in [4.69, 9.17) is 0 Å². The van der Waals surface area contributed by atoms with Gasteiger partial charge in [0.25, 0.3) is 0 Å². The van der Waals surface area contributed by atoms with Gasteiger partial charge < -0.3 is 10.2 Å². The number of carbonyl (C=O) groups is 2. The Morgan fingerprint density at radius 3 is 2.55 bits per heavy atom. The maximum Gasteiger partial charge on any atom is 0.223 e. The molecule has 1 saturated heterocycles. The van der Waals surface area contributed by atoms with Crippen molar-refractivity contribution in [3.8, 4) is 0 Å². The van der Waals surface area contributed by atoms with E-state index in [2.05, 4.69) is 10.3 Å².